The largest absolute Gasteiger partial charge is 0.396 e. The highest BCUT2D eigenvalue weighted by Gasteiger charge is 2.48. The molecule has 0 unspecified atom stereocenters. The Hall–Kier alpha value is -1.34. The third-order valence-electron chi connectivity index (χ3n) is 3.57. The van der Waals surface area contributed by atoms with Gasteiger partial charge in [0, 0.05) is 11.4 Å². The van der Waals surface area contributed by atoms with Gasteiger partial charge in [-0.3, -0.25) is 9.69 Å². The van der Waals surface area contributed by atoms with Gasteiger partial charge in [-0.1, -0.05) is 11.8 Å². The average molecular weight is 282 g/mol. The first-order valence-electron chi connectivity index (χ1n) is 6.11. The fourth-order valence-electron chi connectivity index (χ4n) is 2.22. The highest BCUT2D eigenvalue weighted by molar-refractivity contribution is 8.15. The molecule has 1 aromatic heterocycles. The number of amides is 1. The van der Waals surface area contributed by atoms with E-state index in [0.29, 0.717) is 23.8 Å². The molecule has 104 valence electrons. The Balaban J connectivity index is 2.37. The van der Waals surface area contributed by atoms with Crippen molar-refractivity contribution in [3.63, 3.8) is 0 Å². The Kier molecular flexibility index (Phi) is 3.69. The predicted molar refractivity (Wildman–Crippen MR) is 76.2 cm³/mol. The van der Waals surface area contributed by atoms with Crippen LogP contribution in [0, 0.1) is 6.92 Å². The number of aliphatic hydroxyl groups excluding tert-OH is 1. The Labute approximate surface area is 116 Å². The molecule has 0 radical (unpaired) electrons. The molecule has 1 saturated heterocycles. The van der Waals surface area contributed by atoms with E-state index in [1.807, 2.05) is 13.8 Å². The van der Waals surface area contributed by atoms with Crippen molar-refractivity contribution in [3.05, 3.63) is 12.0 Å². The van der Waals surface area contributed by atoms with Gasteiger partial charge in [-0.25, -0.2) is 9.97 Å². The summed E-state index contributed by atoms with van der Waals surface area (Å²) in [5.41, 5.74) is 6.42. The number of carbonyl (C=O) groups excluding carboxylic acids is 1. The fraction of sp³-hybridized carbons (Fsp3) is 0.583. The molecule has 19 heavy (non-hydrogen) atoms. The minimum Gasteiger partial charge on any atom is -0.396 e. The van der Waals surface area contributed by atoms with Gasteiger partial charge in [-0.15, -0.1) is 0 Å². The van der Waals surface area contributed by atoms with E-state index in [-0.39, 0.29) is 22.6 Å². The predicted octanol–water partition coefficient (Wildman–Crippen LogP) is 1.57. The van der Waals surface area contributed by atoms with Crippen LogP contribution in [0.1, 0.15) is 26.1 Å². The van der Waals surface area contributed by atoms with Crippen molar-refractivity contribution >= 4 is 28.5 Å². The van der Waals surface area contributed by atoms with Crippen molar-refractivity contribution in [2.45, 2.75) is 38.0 Å². The maximum atomic E-state index is 12.2. The Morgan fingerprint density at radius 2 is 2.32 bits per heavy atom. The van der Waals surface area contributed by atoms with Gasteiger partial charge in [0.05, 0.1) is 12.2 Å². The second-order valence-corrected chi connectivity index (χ2v) is 6.37. The summed E-state index contributed by atoms with van der Waals surface area (Å²) in [5.74, 6) is 0.882. The van der Waals surface area contributed by atoms with Crippen molar-refractivity contribution < 1.29 is 9.90 Å². The van der Waals surface area contributed by atoms with E-state index >= 15 is 0 Å². The van der Waals surface area contributed by atoms with E-state index in [1.165, 1.54) is 11.8 Å². The maximum Gasteiger partial charge on any atom is 0.287 e. The van der Waals surface area contributed by atoms with Crippen molar-refractivity contribution in [2.75, 3.05) is 17.2 Å². The minimum atomic E-state index is -0.330. The van der Waals surface area contributed by atoms with Crippen LogP contribution < -0.4 is 10.6 Å². The highest BCUT2D eigenvalue weighted by atomic mass is 32.2. The quantitative estimate of drug-likeness (QED) is 0.874. The van der Waals surface area contributed by atoms with Crippen LogP contribution >= 0.6 is 11.8 Å². The first kappa shape index (κ1) is 14.1. The van der Waals surface area contributed by atoms with Crippen LogP contribution in [0.15, 0.2) is 6.20 Å². The number of aryl methyl sites for hydroxylation is 1. The second-order valence-electron chi connectivity index (χ2n) is 4.89. The number of rotatable bonds is 3. The lowest BCUT2D eigenvalue weighted by Gasteiger charge is -2.30. The summed E-state index contributed by atoms with van der Waals surface area (Å²) in [7, 11) is 0. The van der Waals surface area contributed by atoms with E-state index in [4.69, 9.17) is 10.8 Å². The molecule has 6 nitrogen and oxygen atoms in total. The van der Waals surface area contributed by atoms with Gasteiger partial charge in [-0.2, -0.15) is 0 Å². The maximum absolute atomic E-state index is 12.2. The smallest absolute Gasteiger partial charge is 0.287 e. The van der Waals surface area contributed by atoms with E-state index in [1.54, 1.807) is 18.0 Å². The molecule has 2 atom stereocenters. The molecule has 1 aliphatic heterocycles. The normalized spacial score (nSPS) is 27.1. The van der Waals surface area contributed by atoms with E-state index < -0.39 is 0 Å². The van der Waals surface area contributed by atoms with Gasteiger partial charge in [0.25, 0.3) is 5.24 Å². The van der Waals surface area contributed by atoms with Crippen molar-refractivity contribution in [3.8, 4) is 0 Å². The average Bonchev–Trinajstić information content (AvgIpc) is 2.52. The first-order valence-corrected chi connectivity index (χ1v) is 6.93. The lowest BCUT2D eigenvalue weighted by Crippen LogP contribution is -2.41. The van der Waals surface area contributed by atoms with Gasteiger partial charge in [0.2, 0.25) is 0 Å². The molecule has 0 bridgehead atoms. The molecule has 3 N–H and O–H groups in total. The first-order chi connectivity index (χ1) is 8.89. The minimum absolute atomic E-state index is 0.0504. The molecule has 0 spiro atoms. The van der Waals surface area contributed by atoms with Gasteiger partial charge in [-0.05, 0) is 27.2 Å². The number of nitrogens with zero attached hydrogens (tertiary/aromatic N) is 3. The van der Waals surface area contributed by atoms with Crippen LogP contribution in [0.2, 0.25) is 0 Å². The number of hydrogen-bond acceptors (Lipinski definition) is 6. The van der Waals surface area contributed by atoms with Crippen LogP contribution in [-0.2, 0) is 0 Å². The molecule has 1 aliphatic rings. The number of aromatic nitrogens is 2. The summed E-state index contributed by atoms with van der Waals surface area (Å²) in [6.45, 7) is 5.73. The van der Waals surface area contributed by atoms with Gasteiger partial charge in [0.1, 0.15) is 11.5 Å². The van der Waals surface area contributed by atoms with Crippen LogP contribution in [0.3, 0.4) is 0 Å². The zero-order valence-corrected chi connectivity index (χ0v) is 12.1. The summed E-state index contributed by atoms with van der Waals surface area (Å²) in [4.78, 5) is 22.0. The molecule has 2 heterocycles. The van der Waals surface area contributed by atoms with E-state index in [2.05, 4.69) is 9.97 Å². The van der Waals surface area contributed by atoms with E-state index in [0.717, 1.165) is 0 Å². The zero-order valence-electron chi connectivity index (χ0n) is 11.3. The third kappa shape index (κ3) is 2.40. The van der Waals surface area contributed by atoms with Crippen molar-refractivity contribution in [1.29, 1.82) is 0 Å². The monoisotopic (exact) mass is 282 g/mol. The number of nitrogen functional groups attached to an aromatic ring is 1. The number of nitrogens with two attached hydrogens (primary N) is 1. The number of carbonyl (C=O) groups is 1. The summed E-state index contributed by atoms with van der Waals surface area (Å²) in [5, 5.41) is 9.07. The molecule has 7 heteroatoms. The molecule has 0 aliphatic carbocycles. The Morgan fingerprint density at radius 1 is 1.63 bits per heavy atom. The Bertz CT molecular complexity index is 511. The molecule has 2 rings (SSSR count). The SMILES string of the molecule is Cc1ncc(N2C(=O)S[C@@](C)(CCO)[C@@H]2C)c(N)n1. The Morgan fingerprint density at radius 3 is 2.89 bits per heavy atom. The van der Waals surface area contributed by atoms with Gasteiger partial charge in [0.15, 0.2) is 5.82 Å². The standard InChI is InChI=1S/C12H18N4O2S/c1-7-12(3,4-5-17)19-11(18)16(7)9-6-14-8(2)15-10(9)13/h6-7,17H,4-5H2,1-3H3,(H2,13,14,15)/t7-,12-/m0/s1. The lowest BCUT2D eigenvalue weighted by atomic mass is 9.97. The molecular formula is C12H18N4O2S. The van der Waals surface area contributed by atoms with E-state index in [9.17, 15) is 4.79 Å². The summed E-state index contributed by atoms with van der Waals surface area (Å²) < 4.78 is -0.330. The number of aliphatic hydroxyl groups is 1. The molecule has 1 amide bonds. The van der Waals surface area contributed by atoms with Crippen molar-refractivity contribution in [1.82, 2.24) is 9.97 Å². The topological polar surface area (TPSA) is 92.3 Å². The van der Waals surface area contributed by atoms with Crippen LogP contribution in [0.5, 0.6) is 0 Å². The zero-order chi connectivity index (χ0) is 14.2. The summed E-state index contributed by atoms with van der Waals surface area (Å²) >= 11 is 1.23. The van der Waals surface area contributed by atoms with Crippen LogP contribution in [0.4, 0.5) is 16.3 Å². The molecule has 0 aromatic carbocycles. The lowest BCUT2D eigenvalue weighted by molar-refractivity contribution is 0.259. The van der Waals surface area contributed by atoms with Crippen LogP contribution in [0.25, 0.3) is 0 Å². The van der Waals surface area contributed by atoms with Crippen LogP contribution in [-0.4, -0.2) is 37.7 Å². The third-order valence-corrected chi connectivity index (χ3v) is 4.96. The molecule has 0 saturated carbocycles. The summed E-state index contributed by atoms with van der Waals surface area (Å²) in [6, 6.07) is -0.0780. The molecule has 1 fully saturated rings. The summed E-state index contributed by atoms with van der Waals surface area (Å²) in [6.07, 6.45) is 2.13. The fourth-order valence-corrected chi connectivity index (χ4v) is 3.44. The second kappa shape index (κ2) is 4.97. The van der Waals surface area contributed by atoms with Gasteiger partial charge < -0.3 is 10.8 Å². The number of anilines is 2. The number of hydrogen-bond donors (Lipinski definition) is 2. The number of thioether (sulfide) groups is 1. The van der Waals surface area contributed by atoms with Gasteiger partial charge >= 0.3 is 0 Å². The van der Waals surface area contributed by atoms with Crippen molar-refractivity contribution in [2.24, 2.45) is 0 Å². The molecular weight excluding hydrogens is 264 g/mol. The highest BCUT2D eigenvalue weighted by Crippen LogP contribution is 2.46. The molecule has 1 aromatic rings.